The maximum atomic E-state index is 9.01. The highest BCUT2D eigenvalue weighted by Gasteiger charge is 1.95. The zero-order valence-corrected chi connectivity index (χ0v) is 7.53. The first-order valence-corrected chi connectivity index (χ1v) is 4.01. The fourth-order valence-corrected chi connectivity index (χ4v) is 1.02. The molecular formula is C10H17NO. The van der Waals surface area contributed by atoms with Gasteiger partial charge in [0.2, 0.25) is 0 Å². The Labute approximate surface area is 73.8 Å². The van der Waals surface area contributed by atoms with Gasteiger partial charge in [-0.15, -0.1) is 0 Å². The van der Waals surface area contributed by atoms with Crippen molar-refractivity contribution in [2.45, 2.75) is 25.9 Å². The molecule has 12 heavy (non-hydrogen) atoms. The van der Waals surface area contributed by atoms with Crippen LogP contribution in [0.25, 0.3) is 0 Å². The molecule has 0 aliphatic carbocycles. The van der Waals surface area contributed by atoms with Crippen molar-refractivity contribution in [3.8, 4) is 0 Å². The van der Waals surface area contributed by atoms with E-state index in [0.29, 0.717) is 0 Å². The summed E-state index contributed by atoms with van der Waals surface area (Å²) in [4.78, 5) is 0. The molecule has 0 amide bonds. The fraction of sp³-hybridized carbons (Fsp3) is 0.400. The van der Waals surface area contributed by atoms with E-state index >= 15 is 0 Å². The maximum absolute atomic E-state index is 9.01. The maximum Gasteiger partial charge on any atom is 0.0515 e. The topological polar surface area (TPSA) is 55.2 Å². The van der Waals surface area contributed by atoms with Crippen LogP contribution in [0.2, 0.25) is 0 Å². The van der Waals surface area contributed by atoms with Crippen molar-refractivity contribution in [2.24, 2.45) is 0 Å². The molecule has 1 aromatic carbocycles. The molecule has 1 rings (SSSR count). The highest BCUT2D eigenvalue weighted by molar-refractivity contribution is 5.14. The van der Waals surface area contributed by atoms with Gasteiger partial charge in [-0.3, -0.25) is 0 Å². The van der Waals surface area contributed by atoms with Crippen molar-refractivity contribution in [3.05, 3.63) is 35.9 Å². The third kappa shape index (κ3) is 4.11. The van der Waals surface area contributed by atoms with E-state index in [9.17, 15) is 0 Å². The average Bonchev–Trinajstić information content (AvgIpc) is 2.03. The lowest BCUT2D eigenvalue weighted by Crippen LogP contribution is -2.00. The summed E-state index contributed by atoms with van der Waals surface area (Å²) in [6.07, 6.45) is 1.64. The molecule has 0 saturated heterocycles. The molecule has 0 spiro atoms. The van der Waals surface area contributed by atoms with Gasteiger partial charge in [0.15, 0.2) is 0 Å². The van der Waals surface area contributed by atoms with Gasteiger partial charge in [-0.05, 0) is 25.3 Å². The van der Waals surface area contributed by atoms with Gasteiger partial charge in [-0.2, -0.15) is 0 Å². The summed E-state index contributed by atoms with van der Waals surface area (Å²) in [5.41, 5.74) is 1.30. The number of aryl methyl sites for hydroxylation is 1. The molecule has 0 aliphatic heterocycles. The number of hydrogen-bond donors (Lipinski definition) is 2. The quantitative estimate of drug-likeness (QED) is 0.724. The summed E-state index contributed by atoms with van der Waals surface area (Å²) < 4.78 is 0. The Hall–Kier alpha value is -0.860. The van der Waals surface area contributed by atoms with E-state index in [1.165, 1.54) is 5.56 Å². The zero-order valence-electron chi connectivity index (χ0n) is 7.53. The van der Waals surface area contributed by atoms with Crippen molar-refractivity contribution in [1.82, 2.24) is 6.15 Å². The minimum Gasteiger partial charge on any atom is -0.393 e. The number of aliphatic hydroxyl groups is 1. The average molecular weight is 167 g/mol. The van der Waals surface area contributed by atoms with Crippen molar-refractivity contribution < 1.29 is 5.11 Å². The van der Waals surface area contributed by atoms with Crippen molar-refractivity contribution >= 4 is 0 Å². The Balaban J connectivity index is 0.00000121. The zero-order chi connectivity index (χ0) is 8.10. The van der Waals surface area contributed by atoms with Crippen LogP contribution < -0.4 is 6.15 Å². The molecule has 68 valence electrons. The smallest absolute Gasteiger partial charge is 0.0515 e. The monoisotopic (exact) mass is 167 g/mol. The van der Waals surface area contributed by atoms with Crippen LogP contribution in [0.15, 0.2) is 30.3 Å². The van der Waals surface area contributed by atoms with Crippen LogP contribution in [-0.4, -0.2) is 11.2 Å². The third-order valence-electron chi connectivity index (χ3n) is 1.69. The summed E-state index contributed by atoms with van der Waals surface area (Å²) in [6.45, 7) is 1.82. The van der Waals surface area contributed by atoms with E-state index in [-0.39, 0.29) is 12.3 Å². The highest BCUT2D eigenvalue weighted by Crippen LogP contribution is 2.03. The van der Waals surface area contributed by atoms with E-state index in [0.717, 1.165) is 12.8 Å². The summed E-state index contributed by atoms with van der Waals surface area (Å²) in [5.74, 6) is 0. The van der Waals surface area contributed by atoms with Gasteiger partial charge < -0.3 is 11.3 Å². The molecule has 1 aromatic rings. The molecule has 1 unspecified atom stereocenters. The van der Waals surface area contributed by atoms with Crippen LogP contribution in [-0.2, 0) is 6.42 Å². The second-order valence-electron chi connectivity index (χ2n) is 2.87. The van der Waals surface area contributed by atoms with E-state index in [1.807, 2.05) is 25.1 Å². The second kappa shape index (κ2) is 5.75. The number of benzene rings is 1. The molecule has 2 heteroatoms. The standard InChI is InChI=1S/C10H14O.H3N/c1-9(11)7-8-10-5-3-2-4-6-10;/h2-6,9,11H,7-8H2,1H3;1H3. The lowest BCUT2D eigenvalue weighted by atomic mass is 10.1. The van der Waals surface area contributed by atoms with Gasteiger partial charge in [0.1, 0.15) is 0 Å². The van der Waals surface area contributed by atoms with Crippen LogP contribution >= 0.6 is 0 Å². The molecule has 0 radical (unpaired) electrons. The second-order valence-corrected chi connectivity index (χ2v) is 2.87. The van der Waals surface area contributed by atoms with Gasteiger partial charge in [0.05, 0.1) is 6.10 Å². The van der Waals surface area contributed by atoms with E-state index < -0.39 is 0 Å². The van der Waals surface area contributed by atoms with Crippen LogP contribution in [0, 0.1) is 0 Å². The number of hydrogen-bond acceptors (Lipinski definition) is 2. The summed E-state index contributed by atoms with van der Waals surface area (Å²) in [7, 11) is 0. The SMILES string of the molecule is CC(O)CCc1ccccc1.N. The normalized spacial score (nSPS) is 11.8. The van der Waals surface area contributed by atoms with E-state index in [1.54, 1.807) is 0 Å². The molecule has 1 atom stereocenters. The lowest BCUT2D eigenvalue weighted by molar-refractivity contribution is 0.185. The Morgan fingerprint density at radius 2 is 1.83 bits per heavy atom. The first-order valence-electron chi connectivity index (χ1n) is 4.01. The molecule has 0 bridgehead atoms. The Bertz CT molecular complexity index is 196. The molecule has 0 fully saturated rings. The Morgan fingerprint density at radius 1 is 1.25 bits per heavy atom. The first-order chi connectivity index (χ1) is 5.29. The molecule has 0 saturated carbocycles. The van der Waals surface area contributed by atoms with Gasteiger partial charge >= 0.3 is 0 Å². The van der Waals surface area contributed by atoms with E-state index in [4.69, 9.17) is 5.11 Å². The molecule has 4 N–H and O–H groups in total. The highest BCUT2D eigenvalue weighted by atomic mass is 16.3. The summed E-state index contributed by atoms with van der Waals surface area (Å²) in [6, 6.07) is 10.2. The van der Waals surface area contributed by atoms with Crippen molar-refractivity contribution in [3.63, 3.8) is 0 Å². The number of aliphatic hydroxyl groups excluding tert-OH is 1. The Kier molecular flexibility index (Phi) is 5.34. The predicted octanol–water partition coefficient (Wildman–Crippen LogP) is 2.16. The molecule has 2 nitrogen and oxygen atoms in total. The van der Waals surface area contributed by atoms with E-state index in [2.05, 4.69) is 12.1 Å². The molecule has 0 aliphatic rings. The largest absolute Gasteiger partial charge is 0.393 e. The minimum atomic E-state index is -0.185. The summed E-state index contributed by atoms with van der Waals surface area (Å²) >= 11 is 0. The number of rotatable bonds is 3. The van der Waals surface area contributed by atoms with Crippen molar-refractivity contribution in [1.29, 1.82) is 0 Å². The minimum absolute atomic E-state index is 0. The third-order valence-corrected chi connectivity index (χ3v) is 1.69. The summed E-state index contributed by atoms with van der Waals surface area (Å²) in [5, 5.41) is 9.01. The predicted molar refractivity (Wildman–Crippen MR) is 51.5 cm³/mol. The van der Waals surface area contributed by atoms with Crippen LogP contribution in [0.4, 0.5) is 0 Å². The lowest BCUT2D eigenvalue weighted by Gasteiger charge is -2.02. The van der Waals surface area contributed by atoms with Gasteiger partial charge in [-0.1, -0.05) is 30.3 Å². The van der Waals surface area contributed by atoms with Crippen LogP contribution in [0.5, 0.6) is 0 Å². The van der Waals surface area contributed by atoms with Gasteiger partial charge in [0.25, 0.3) is 0 Å². The first kappa shape index (κ1) is 11.1. The molecule has 0 heterocycles. The van der Waals surface area contributed by atoms with Gasteiger partial charge in [0, 0.05) is 0 Å². The van der Waals surface area contributed by atoms with Crippen LogP contribution in [0.1, 0.15) is 18.9 Å². The molecule has 0 aromatic heterocycles. The Morgan fingerprint density at radius 3 is 2.33 bits per heavy atom. The molecular weight excluding hydrogens is 150 g/mol. The van der Waals surface area contributed by atoms with Crippen molar-refractivity contribution in [2.75, 3.05) is 0 Å². The van der Waals surface area contributed by atoms with Crippen LogP contribution in [0.3, 0.4) is 0 Å². The fourth-order valence-electron chi connectivity index (χ4n) is 1.02. The van der Waals surface area contributed by atoms with Gasteiger partial charge in [-0.25, -0.2) is 0 Å².